The van der Waals surface area contributed by atoms with Gasteiger partial charge in [0, 0.05) is 19.6 Å². The minimum absolute atomic E-state index is 0.0226. The van der Waals surface area contributed by atoms with E-state index in [9.17, 15) is 9.59 Å². The molecule has 1 aromatic carbocycles. The molecule has 2 atom stereocenters. The third-order valence-corrected chi connectivity index (χ3v) is 7.81. The number of likely N-dealkylation sites (tertiary alicyclic amines) is 1. The van der Waals surface area contributed by atoms with Gasteiger partial charge in [-0.2, -0.15) is 0 Å². The van der Waals surface area contributed by atoms with E-state index in [4.69, 9.17) is 5.21 Å². The Bertz CT molecular complexity index is 769. The Labute approximate surface area is 165 Å². The number of carbonyl (C=O) groups is 2. The van der Waals surface area contributed by atoms with Gasteiger partial charge in [0.2, 0.25) is 11.8 Å². The fourth-order valence-electron chi connectivity index (χ4n) is 5.79. The molecule has 28 heavy (non-hydrogen) atoms. The van der Waals surface area contributed by atoms with Crippen molar-refractivity contribution in [3.63, 3.8) is 0 Å². The summed E-state index contributed by atoms with van der Waals surface area (Å²) in [6.07, 6.45) is 7.15. The van der Waals surface area contributed by atoms with Crippen LogP contribution in [-0.4, -0.2) is 47.6 Å². The molecule has 1 saturated carbocycles. The molecule has 2 aliphatic carbocycles. The fraction of sp³-hybridized carbons (Fsp3) is 0.636. The molecular formula is C22H29N3O3. The summed E-state index contributed by atoms with van der Waals surface area (Å²) in [5, 5.41) is 12.5. The second-order valence-corrected chi connectivity index (χ2v) is 9.59. The van der Waals surface area contributed by atoms with Crippen molar-refractivity contribution < 1.29 is 14.8 Å². The Hall–Kier alpha value is -1.92. The van der Waals surface area contributed by atoms with E-state index in [1.165, 1.54) is 11.1 Å². The van der Waals surface area contributed by atoms with E-state index in [0.717, 1.165) is 58.2 Å². The van der Waals surface area contributed by atoms with Gasteiger partial charge in [0.15, 0.2) is 0 Å². The molecule has 2 amide bonds. The highest BCUT2D eigenvalue weighted by molar-refractivity contribution is 5.90. The van der Waals surface area contributed by atoms with E-state index in [0.29, 0.717) is 11.8 Å². The molecule has 3 N–H and O–H groups in total. The summed E-state index contributed by atoms with van der Waals surface area (Å²) >= 11 is 0. The predicted molar refractivity (Wildman–Crippen MR) is 104 cm³/mol. The molecule has 6 heteroatoms. The first-order valence-corrected chi connectivity index (χ1v) is 10.6. The Balaban J connectivity index is 1.25. The SMILES string of the molecule is O=C(NO)[C@H]1CC2(CC2)CN[C@@H]1C(=O)N1CCC2(CC1)Cc1ccccc1C2. The Morgan fingerprint density at radius 1 is 1.04 bits per heavy atom. The summed E-state index contributed by atoms with van der Waals surface area (Å²) < 4.78 is 0. The second kappa shape index (κ2) is 6.56. The van der Waals surface area contributed by atoms with Gasteiger partial charge in [-0.1, -0.05) is 24.3 Å². The van der Waals surface area contributed by atoms with Gasteiger partial charge in [-0.25, -0.2) is 5.48 Å². The molecule has 2 saturated heterocycles. The third kappa shape index (κ3) is 3.03. The monoisotopic (exact) mass is 383 g/mol. The number of rotatable bonds is 2. The minimum atomic E-state index is -0.520. The van der Waals surface area contributed by atoms with Crippen LogP contribution in [0.4, 0.5) is 0 Å². The normalized spacial score (nSPS) is 29.5. The van der Waals surface area contributed by atoms with Gasteiger partial charge in [0.1, 0.15) is 0 Å². The second-order valence-electron chi connectivity index (χ2n) is 9.59. The minimum Gasteiger partial charge on any atom is -0.341 e. The van der Waals surface area contributed by atoms with Crippen molar-refractivity contribution >= 4 is 11.8 Å². The first kappa shape index (κ1) is 18.1. The lowest BCUT2D eigenvalue weighted by atomic mass is 9.75. The van der Waals surface area contributed by atoms with E-state index in [-0.39, 0.29) is 11.3 Å². The summed E-state index contributed by atoms with van der Waals surface area (Å²) in [4.78, 5) is 27.4. The summed E-state index contributed by atoms with van der Waals surface area (Å²) in [6, 6.07) is 8.18. The summed E-state index contributed by atoms with van der Waals surface area (Å²) in [5.74, 6) is -0.897. The molecule has 2 aliphatic heterocycles. The van der Waals surface area contributed by atoms with Crippen LogP contribution in [0.1, 0.15) is 43.2 Å². The van der Waals surface area contributed by atoms with Crippen LogP contribution in [0.3, 0.4) is 0 Å². The van der Waals surface area contributed by atoms with Crippen LogP contribution >= 0.6 is 0 Å². The predicted octanol–water partition coefficient (Wildman–Crippen LogP) is 1.66. The highest BCUT2D eigenvalue weighted by Crippen LogP contribution is 2.53. The average molecular weight is 383 g/mol. The van der Waals surface area contributed by atoms with Crippen LogP contribution in [0.15, 0.2) is 24.3 Å². The van der Waals surface area contributed by atoms with Gasteiger partial charge < -0.3 is 10.2 Å². The molecule has 0 aromatic heterocycles. The zero-order valence-electron chi connectivity index (χ0n) is 16.2. The molecule has 1 aromatic rings. The van der Waals surface area contributed by atoms with Crippen LogP contribution in [0.5, 0.6) is 0 Å². The maximum atomic E-state index is 13.2. The van der Waals surface area contributed by atoms with Gasteiger partial charge in [-0.05, 0) is 66.9 Å². The Morgan fingerprint density at radius 2 is 1.68 bits per heavy atom. The number of hydrogen-bond acceptors (Lipinski definition) is 4. The number of amides is 2. The number of hydrogen-bond donors (Lipinski definition) is 3. The van der Waals surface area contributed by atoms with Crippen molar-refractivity contribution in [2.24, 2.45) is 16.7 Å². The molecular weight excluding hydrogens is 354 g/mol. The number of carbonyl (C=O) groups excluding carboxylic acids is 2. The van der Waals surface area contributed by atoms with Gasteiger partial charge in [-0.3, -0.25) is 14.8 Å². The highest BCUT2D eigenvalue weighted by atomic mass is 16.5. The smallest absolute Gasteiger partial charge is 0.248 e. The number of nitrogens with zero attached hydrogens (tertiary/aromatic N) is 1. The van der Waals surface area contributed by atoms with Gasteiger partial charge >= 0.3 is 0 Å². The lowest BCUT2D eigenvalue weighted by Crippen LogP contribution is -2.60. The molecule has 2 heterocycles. The maximum Gasteiger partial charge on any atom is 0.248 e. The van der Waals surface area contributed by atoms with Crippen LogP contribution in [0, 0.1) is 16.7 Å². The molecule has 150 valence electrons. The van der Waals surface area contributed by atoms with Crippen molar-refractivity contribution in [3.05, 3.63) is 35.4 Å². The largest absolute Gasteiger partial charge is 0.341 e. The number of fused-ring (bicyclic) bond motifs is 1. The van der Waals surface area contributed by atoms with Crippen LogP contribution in [-0.2, 0) is 22.4 Å². The van der Waals surface area contributed by atoms with E-state index in [1.54, 1.807) is 5.48 Å². The maximum absolute atomic E-state index is 13.2. The van der Waals surface area contributed by atoms with Gasteiger partial charge in [0.25, 0.3) is 0 Å². The number of piperidine rings is 2. The van der Waals surface area contributed by atoms with Crippen LogP contribution in [0.25, 0.3) is 0 Å². The Kier molecular flexibility index (Phi) is 4.25. The topological polar surface area (TPSA) is 81.7 Å². The first-order valence-electron chi connectivity index (χ1n) is 10.6. The summed E-state index contributed by atoms with van der Waals surface area (Å²) in [6.45, 7) is 2.30. The zero-order valence-corrected chi connectivity index (χ0v) is 16.2. The van der Waals surface area contributed by atoms with E-state index < -0.39 is 17.9 Å². The van der Waals surface area contributed by atoms with E-state index in [2.05, 4.69) is 29.6 Å². The molecule has 3 fully saturated rings. The quantitative estimate of drug-likeness (QED) is 0.536. The third-order valence-electron chi connectivity index (χ3n) is 7.81. The molecule has 0 bridgehead atoms. The molecule has 0 unspecified atom stereocenters. The molecule has 2 spiro atoms. The van der Waals surface area contributed by atoms with Gasteiger partial charge in [0.05, 0.1) is 12.0 Å². The lowest BCUT2D eigenvalue weighted by molar-refractivity contribution is -0.146. The highest BCUT2D eigenvalue weighted by Gasteiger charge is 2.53. The first-order chi connectivity index (χ1) is 13.5. The van der Waals surface area contributed by atoms with Crippen molar-refractivity contribution in [2.45, 2.75) is 51.0 Å². The molecule has 6 nitrogen and oxygen atoms in total. The van der Waals surface area contributed by atoms with Crippen LogP contribution in [0.2, 0.25) is 0 Å². The number of nitrogens with one attached hydrogen (secondary N) is 2. The standard InChI is InChI=1S/C22H29N3O3/c26-19(24-28)17-13-22(5-6-22)14-23-18(17)20(27)25-9-7-21(8-10-25)11-15-3-1-2-4-16(15)12-21/h1-4,17-18,23,28H,5-14H2,(H,24,26)/t17-,18-/m0/s1. The fourth-order valence-corrected chi connectivity index (χ4v) is 5.79. The van der Waals surface area contributed by atoms with Crippen molar-refractivity contribution in [3.8, 4) is 0 Å². The summed E-state index contributed by atoms with van der Waals surface area (Å²) in [5.41, 5.74) is 5.17. The van der Waals surface area contributed by atoms with E-state index in [1.807, 2.05) is 4.90 Å². The van der Waals surface area contributed by atoms with Crippen molar-refractivity contribution in [1.29, 1.82) is 0 Å². The number of benzene rings is 1. The Morgan fingerprint density at radius 3 is 2.25 bits per heavy atom. The molecule has 5 rings (SSSR count). The summed E-state index contributed by atoms with van der Waals surface area (Å²) in [7, 11) is 0. The van der Waals surface area contributed by atoms with Gasteiger partial charge in [-0.15, -0.1) is 0 Å². The molecule has 4 aliphatic rings. The molecule has 0 radical (unpaired) electrons. The zero-order chi connectivity index (χ0) is 19.4. The van der Waals surface area contributed by atoms with E-state index >= 15 is 0 Å². The van der Waals surface area contributed by atoms with Crippen molar-refractivity contribution in [2.75, 3.05) is 19.6 Å². The van der Waals surface area contributed by atoms with Crippen LogP contribution < -0.4 is 10.8 Å². The number of hydroxylamine groups is 1. The van der Waals surface area contributed by atoms with Crippen molar-refractivity contribution in [1.82, 2.24) is 15.7 Å². The lowest BCUT2D eigenvalue weighted by Gasteiger charge is -2.43. The average Bonchev–Trinajstić information content (AvgIpc) is 3.37.